The van der Waals surface area contributed by atoms with E-state index in [0.29, 0.717) is 28.0 Å². The summed E-state index contributed by atoms with van der Waals surface area (Å²) in [6.07, 6.45) is 1.30. The van der Waals surface area contributed by atoms with Crippen LogP contribution in [0, 0.1) is 15.9 Å². The number of fused-ring (bicyclic) bond motifs is 1. The van der Waals surface area contributed by atoms with Crippen molar-refractivity contribution in [2.45, 2.75) is 0 Å². The SMILES string of the molecule is O=C(COc1c(Br)cc(C=Nn2c(-c3ccccc3)nc3ccccc3c2=O)cc1[N+](=O)[O-])Nc1ccc(F)cc1. The Bertz CT molecular complexity index is 1860. The van der Waals surface area contributed by atoms with E-state index in [4.69, 9.17) is 4.74 Å². The zero-order valence-corrected chi connectivity index (χ0v) is 22.6. The fourth-order valence-corrected chi connectivity index (χ4v) is 4.53. The van der Waals surface area contributed by atoms with Crippen molar-refractivity contribution in [2.75, 3.05) is 11.9 Å². The van der Waals surface area contributed by atoms with Gasteiger partial charge in [-0.05, 0) is 58.4 Å². The summed E-state index contributed by atoms with van der Waals surface area (Å²) in [7, 11) is 0. The third-order valence-corrected chi connectivity index (χ3v) is 6.42. The topological polar surface area (TPSA) is 129 Å². The van der Waals surface area contributed by atoms with Crippen molar-refractivity contribution in [3.63, 3.8) is 0 Å². The minimum Gasteiger partial charge on any atom is -0.476 e. The average molecular weight is 616 g/mol. The Morgan fingerprint density at radius 2 is 1.78 bits per heavy atom. The number of hydrogen-bond donors (Lipinski definition) is 1. The number of nitrogens with one attached hydrogen (secondary N) is 1. The van der Waals surface area contributed by atoms with Crippen molar-refractivity contribution >= 4 is 50.3 Å². The molecule has 12 heteroatoms. The van der Waals surface area contributed by atoms with Gasteiger partial charge in [-0.1, -0.05) is 42.5 Å². The Labute approximate surface area is 240 Å². The molecule has 1 amide bonds. The maximum Gasteiger partial charge on any atom is 0.312 e. The number of nitro benzene ring substituents is 1. The lowest BCUT2D eigenvalue weighted by atomic mass is 10.2. The molecule has 5 aromatic rings. The zero-order chi connectivity index (χ0) is 28.9. The van der Waals surface area contributed by atoms with Gasteiger partial charge in [0.05, 0.1) is 26.5 Å². The molecule has 0 bridgehead atoms. The first kappa shape index (κ1) is 27.3. The summed E-state index contributed by atoms with van der Waals surface area (Å²) in [5.41, 5.74) is 0.946. The number of anilines is 1. The van der Waals surface area contributed by atoms with Crippen LogP contribution in [0.1, 0.15) is 5.56 Å². The molecule has 1 heterocycles. The molecule has 0 spiro atoms. The minimum atomic E-state index is -0.658. The van der Waals surface area contributed by atoms with Gasteiger partial charge in [-0.3, -0.25) is 19.7 Å². The predicted octanol–water partition coefficient (Wildman–Crippen LogP) is 5.77. The van der Waals surface area contributed by atoms with Gasteiger partial charge in [0.25, 0.3) is 11.5 Å². The standard InChI is InChI=1S/C29H19BrFN5O5/c30-23-14-18(15-25(36(39)40)27(23)41-17-26(37)33-21-12-10-20(31)11-13-21)16-32-35-28(19-6-2-1-3-7-19)34-24-9-5-4-8-22(24)29(35)38/h1-16H,17H2,(H,33,37). The summed E-state index contributed by atoms with van der Waals surface area (Å²) in [6.45, 7) is -0.539. The second-order valence-corrected chi connectivity index (χ2v) is 9.49. The van der Waals surface area contributed by atoms with Crippen LogP contribution in [0.15, 0.2) is 105 Å². The van der Waals surface area contributed by atoms with Gasteiger partial charge in [-0.15, -0.1) is 0 Å². The number of aromatic nitrogens is 2. The number of amides is 1. The van der Waals surface area contributed by atoms with Crippen molar-refractivity contribution in [2.24, 2.45) is 5.10 Å². The molecule has 0 saturated heterocycles. The average Bonchev–Trinajstić information content (AvgIpc) is 2.97. The Kier molecular flexibility index (Phi) is 7.92. The van der Waals surface area contributed by atoms with E-state index in [9.17, 15) is 24.1 Å². The van der Waals surface area contributed by atoms with Gasteiger partial charge in [0.15, 0.2) is 12.4 Å². The Hall–Kier alpha value is -5.23. The molecule has 0 aliphatic carbocycles. The lowest BCUT2D eigenvalue weighted by Gasteiger charge is -2.11. The van der Waals surface area contributed by atoms with Crippen molar-refractivity contribution in [3.05, 3.63) is 127 Å². The number of ether oxygens (including phenoxy) is 1. The van der Waals surface area contributed by atoms with Crippen molar-refractivity contribution in [1.29, 1.82) is 0 Å². The molecule has 0 aliphatic rings. The summed E-state index contributed by atoms with van der Waals surface area (Å²) in [6, 6.07) is 23.8. The van der Waals surface area contributed by atoms with Gasteiger partial charge in [0.1, 0.15) is 5.82 Å². The molecule has 0 radical (unpaired) electrons. The molecule has 5 rings (SSSR count). The summed E-state index contributed by atoms with van der Waals surface area (Å²) in [4.78, 5) is 41.5. The van der Waals surface area contributed by atoms with E-state index in [1.165, 1.54) is 42.6 Å². The van der Waals surface area contributed by atoms with Gasteiger partial charge in [-0.25, -0.2) is 9.37 Å². The van der Waals surface area contributed by atoms with Gasteiger partial charge >= 0.3 is 5.69 Å². The normalized spacial score (nSPS) is 11.1. The van der Waals surface area contributed by atoms with Crippen LogP contribution in [0.5, 0.6) is 5.75 Å². The van der Waals surface area contributed by atoms with Gasteiger partial charge in [0.2, 0.25) is 5.75 Å². The molecule has 0 saturated carbocycles. The molecule has 10 nitrogen and oxygen atoms in total. The molecule has 1 aromatic heterocycles. The van der Waals surface area contributed by atoms with Crippen LogP contribution in [-0.4, -0.2) is 33.3 Å². The van der Waals surface area contributed by atoms with Crippen LogP contribution >= 0.6 is 15.9 Å². The van der Waals surface area contributed by atoms with Crippen LogP contribution in [0.4, 0.5) is 15.8 Å². The molecule has 0 fully saturated rings. The monoisotopic (exact) mass is 615 g/mol. The van der Waals surface area contributed by atoms with Crippen molar-refractivity contribution in [3.8, 4) is 17.1 Å². The van der Waals surface area contributed by atoms with E-state index < -0.39 is 34.5 Å². The summed E-state index contributed by atoms with van der Waals surface area (Å²) in [5, 5.41) is 19.1. The van der Waals surface area contributed by atoms with Gasteiger partial charge in [0, 0.05) is 22.9 Å². The number of halogens is 2. The highest BCUT2D eigenvalue weighted by Gasteiger charge is 2.21. The number of carbonyl (C=O) groups excluding carboxylic acids is 1. The maximum atomic E-state index is 13.4. The number of hydrogen-bond acceptors (Lipinski definition) is 7. The molecular formula is C29H19BrFN5O5. The maximum absolute atomic E-state index is 13.4. The molecule has 204 valence electrons. The lowest BCUT2D eigenvalue weighted by Crippen LogP contribution is -2.21. The van der Waals surface area contributed by atoms with E-state index in [2.05, 4.69) is 31.3 Å². The summed E-state index contributed by atoms with van der Waals surface area (Å²) >= 11 is 3.27. The molecular weight excluding hydrogens is 597 g/mol. The van der Waals surface area contributed by atoms with Crippen LogP contribution in [-0.2, 0) is 4.79 Å². The lowest BCUT2D eigenvalue weighted by molar-refractivity contribution is -0.385. The minimum absolute atomic E-state index is 0.170. The first-order valence-electron chi connectivity index (χ1n) is 12.1. The first-order chi connectivity index (χ1) is 19.8. The summed E-state index contributed by atoms with van der Waals surface area (Å²) in [5.74, 6) is -0.928. The zero-order valence-electron chi connectivity index (χ0n) is 21.0. The fraction of sp³-hybridized carbons (Fsp3) is 0.0345. The summed E-state index contributed by atoms with van der Waals surface area (Å²) < 4.78 is 19.9. The van der Waals surface area contributed by atoms with E-state index in [1.54, 1.807) is 36.4 Å². The smallest absolute Gasteiger partial charge is 0.312 e. The van der Waals surface area contributed by atoms with Crippen LogP contribution in [0.3, 0.4) is 0 Å². The third-order valence-electron chi connectivity index (χ3n) is 5.83. The Morgan fingerprint density at radius 1 is 1.07 bits per heavy atom. The second-order valence-electron chi connectivity index (χ2n) is 8.63. The Morgan fingerprint density at radius 3 is 2.51 bits per heavy atom. The molecule has 41 heavy (non-hydrogen) atoms. The number of carbonyl (C=O) groups is 1. The highest BCUT2D eigenvalue weighted by Crippen LogP contribution is 2.36. The van der Waals surface area contributed by atoms with Crippen LogP contribution in [0.25, 0.3) is 22.3 Å². The Balaban J connectivity index is 1.45. The van der Waals surface area contributed by atoms with E-state index in [-0.39, 0.29) is 15.8 Å². The molecule has 0 atom stereocenters. The first-order valence-corrected chi connectivity index (χ1v) is 12.9. The third kappa shape index (κ3) is 6.17. The molecule has 0 unspecified atom stereocenters. The molecule has 4 aromatic carbocycles. The number of benzene rings is 4. The second kappa shape index (κ2) is 11.9. The van der Waals surface area contributed by atoms with Gasteiger partial charge in [-0.2, -0.15) is 9.78 Å². The van der Waals surface area contributed by atoms with Crippen molar-refractivity contribution < 1.29 is 18.8 Å². The number of para-hydroxylation sites is 1. The predicted molar refractivity (Wildman–Crippen MR) is 156 cm³/mol. The van der Waals surface area contributed by atoms with Crippen molar-refractivity contribution in [1.82, 2.24) is 9.66 Å². The fourth-order valence-electron chi connectivity index (χ4n) is 3.95. The number of rotatable bonds is 8. The quantitative estimate of drug-likeness (QED) is 0.134. The highest BCUT2D eigenvalue weighted by molar-refractivity contribution is 9.10. The van der Waals surface area contributed by atoms with E-state index in [0.717, 1.165) is 4.68 Å². The van der Waals surface area contributed by atoms with Crippen LogP contribution < -0.4 is 15.6 Å². The van der Waals surface area contributed by atoms with E-state index >= 15 is 0 Å². The van der Waals surface area contributed by atoms with Gasteiger partial charge < -0.3 is 10.1 Å². The largest absolute Gasteiger partial charge is 0.476 e. The number of nitrogens with zero attached hydrogens (tertiary/aromatic N) is 4. The highest BCUT2D eigenvalue weighted by atomic mass is 79.9. The molecule has 1 N–H and O–H groups in total. The van der Waals surface area contributed by atoms with E-state index in [1.807, 2.05) is 18.2 Å². The van der Waals surface area contributed by atoms with Crippen LogP contribution in [0.2, 0.25) is 0 Å². The number of nitro groups is 1. The molecule has 0 aliphatic heterocycles.